The van der Waals surface area contributed by atoms with Gasteiger partial charge in [0.2, 0.25) is 0 Å². The normalized spacial score (nSPS) is 10.2. The zero-order chi connectivity index (χ0) is 18.9. The van der Waals surface area contributed by atoms with Gasteiger partial charge in [-0.1, -0.05) is 6.92 Å². The maximum absolute atomic E-state index is 11.6. The van der Waals surface area contributed by atoms with Crippen molar-refractivity contribution in [1.29, 1.82) is 0 Å². The number of carbonyl (C=O) groups is 3. The van der Waals surface area contributed by atoms with Gasteiger partial charge >= 0.3 is 17.6 Å². The number of amides is 3. The van der Waals surface area contributed by atoms with E-state index in [2.05, 4.69) is 5.32 Å². The van der Waals surface area contributed by atoms with Crippen LogP contribution in [0.3, 0.4) is 0 Å². The monoisotopic (exact) mass is 362 g/mol. The van der Waals surface area contributed by atoms with E-state index in [9.17, 15) is 19.2 Å². The Balaban J connectivity index is 1.77. The van der Waals surface area contributed by atoms with Crippen molar-refractivity contribution in [3.63, 3.8) is 0 Å². The third-order valence-corrected chi connectivity index (χ3v) is 3.10. The number of urea groups is 1. The molecule has 3 amide bonds. The molecule has 0 unspecified atom stereocenters. The predicted octanol–water partition coefficient (Wildman–Crippen LogP) is 0.951. The highest BCUT2D eigenvalue weighted by molar-refractivity contribution is 5.95. The zero-order valence-corrected chi connectivity index (χ0v) is 14.1. The van der Waals surface area contributed by atoms with Gasteiger partial charge in [0.15, 0.2) is 13.2 Å². The van der Waals surface area contributed by atoms with Crippen molar-refractivity contribution in [3.05, 3.63) is 40.8 Å². The first-order chi connectivity index (χ1) is 12.5. The maximum atomic E-state index is 11.6. The molecule has 2 aromatic rings. The summed E-state index contributed by atoms with van der Waals surface area (Å²) in [6.45, 7) is 1.25. The van der Waals surface area contributed by atoms with Gasteiger partial charge < -0.3 is 19.2 Å². The first kappa shape index (κ1) is 19.0. The molecule has 2 N–H and O–H groups in total. The number of hydrogen-bond donors (Lipinski definition) is 2. The summed E-state index contributed by atoms with van der Waals surface area (Å²) in [6.07, 6.45) is 0.728. The van der Waals surface area contributed by atoms with Crippen molar-refractivity contribution in [2.75, 3.05) is 19.8 Å². The average molecular weight is 362 g/mol. The largest absolute Gasteiger partial charge is 0.482 e. The highest BCUT2D eigenvalue weighted by Crippen LogP contribution is 2.19. The molecule has 0 aliphatic carbocycles. The number of rotatable bonds is 7. The third-order valence-electron chi connectivity index (χ3n) is 3.10. The number of benzene rings is 1. The van der Waals surface area contributed by atoms with Gasteiger partial charge in [-0.2, -0.15) is 0 Å². The molecule has 0 aliphatic rings. The van der Waals surface area contributed by atoms with Crippen molar-refractivity contribution in [1.82, 2.24) is 10.6 Å². The summed E-state index contributed by atoms with van der Waals surface area (Å²) in [5.41, 5.74) is -0.177. The topological polar surface area (TPSA) is 124 Å². The Morgan fingerprint density at radius 2 is 1.88 bits per heavy atom. The van der Waals surface area contributed by atoms with E-state index in [1.54, 1.807) is 18.2 Å². The molecule has 138 valence electrons. The Hall–Kier alpha value is -3.36. The minimum absolute atomic E-state index is 0.298. The molecule has 9 nitrogen and oxygen atoms in total. The van der Waals surface area contributed by atoms with Crippen molar-refractivity contribution < 1.29 is 28.3 Å². The lowest BCUT2D eigenvalue weighted by Crippen LogP contribution is -2.41. The Labute approximate surface area is 148 Å². The van der Waals surface area contributed by atoms with Crippen LogP contribution >= 0.6 is 0 Å². The Morgan fingerprint density at radius 3 is 2.65 bits per heavy atom. The van der Waals surface area contributed by atoms with E-state index >= 15 is 0 Å². The van der Waals surface area contributed by atoms with E-state index in [0.29, 0.717) is 23.3 Å². The van der Waals surface area contributed by atoms with Crippen molar-refractivity contribution >= 4 is 28.9 Å². The second-order valence-corrected chi connectivity index (χ2v) is 5.21. The van der Waals surface area contributed by atoms with Crippen molar-refractivity contribution in [2.24, 2.45) is 0 Å². The molecule has 1 heterocycles. The maximum Gasteiger partial charge on any atom is 0.344 e. The molecule has 1 aromatic heterocycles. The predicted molar refractivity (Wildman–Crippen MR) is 90.8 cm³/mol. The number of hydrogen-bond acceptors (Lipinski definition) is 7. The minimum Gasteiger partial charge on any atom is -0.482 e. The van der Waals surface area contributed by atoms with Crippen LogP contribution in [0.5, 0.6) is 5.75 Å². The number of nitrogens with one attached hydrogen (secondary N) is 2. The van der Waals surface area contributed by atoms with Crippen LogP contribution < -0.4 is 21.0 Å². The van der Waals surface area contributed by atoms with Crippen molar-refractivity contribution in [3.8, 4) is 5.75 Å². The van der Waals surface area contributed by atoms with Gasteiger partial charge in [-0.3, -0.25) is 10.1 Å². The second-order valence-electron chi connectivity index (χ2n) is 5.21. The zero-order valence-electron chi connectivity index (χ0n) is 14.1. The standard InChI is InChI=1S/C17H18N2O7/c1-2-7-18-17(23)19-14(20)9-25-16(22)10-24-12-5-3-11-4-6-15(21)26-13(11)8-12/h3-6,8H,2,7,9-10H2,1H3,(H2,18,19,20,23). The first-order valence-electron chi connectivity index (χ1n) is 7.88. The lowest BCUT2D eigenvalue weighted by molar-refractivity contribution is -0.150. The minimum atomic E-state index is -0.788. The molecule has 0 aliphatic heterocycles. The molecule has 1 aromatic carbocycles. The lowest BCUT2D eigenvalue weighted by atomic mass is 10.2. The third kappa shape index (κ3) is 5.93. The Kier molecular flexibility index (Phi) is 6.72. The van der Waals surface area contributed by atoms with Gasteiger partial charge in [0.05, 0.1) is 0 Å². The number of carbonyl (C=O) groups excluding carboxylic acids is 3. The molecule has 0 bridgehead atoms. The van der Waals surface area contributed by atoms with Gasteiger partial charge in [0, 0.05) is 24.1 Å². The van der Waals surface area contributed by atoms with Gasteiger partial charge in [-0.15, -0.1) is 0 Å². The van der Waals surface area contributed by atoms with Crippen LogP contribution in [0, 0.1) is 0 Å². The van der Waals surface area contributed by atoms with E-state index in [4.69, 9.17) is 13.9 Å². The van der Waals surface area contributed by atoms with E-state index < -0.39 is 36.7 Å². The van der Waals surface area contributed by atoms with E-state index in [0.717, 1.165) is 6.42 Å². The average Bonchev–Trinajstić information content (AvgIpc) is 2.62. The highest BCUT2D eigenvalue weighted by Gasteiger charge is 2.11. The van der Waals surface area contributed by atoms with Gasteiger partial charge in [0.1, 0.15) is 11.3 Å². The van der Waals surface area contributed by atoms with Crippen LogP contribution in [0.2, 0.25) is 0 Å². The fourth-order valence-corrected chi connectivity index (χ4v) is 1.91. The van der Waals surface area contributed by atoms with Gasteiger partial charge in [0.25, 0.3) is 5.91 Å². The number of esters is 1. The van der Waals surface area contributed by atoms with E-state index in [-0.39, 0.29) is 0 Å². The number of imide groups is 1. The summed E-state index contributed by atoms with van der Waals surface area (Å²) >= 11 is 0. The summed E-state index contributed by atoms with van der Waals surface area (Å²) in [7, 11) is 0. The molecule has 0 saturated carbocycles. The van der Waals surface area contributed by atoms with E-state index in [1.165, 1.54) is 12.1 Å². The number of fused-ring (bicyclic) bond motifs is 1. The van der Waals surface area contributed by atoms with Crippen LogP contribution in [0.15, 0.2) is 39.5 Å². The summed E-state index contributed by atoms with van der Waals surface area (Å²) in [5, 5.41) is 5.18. The smallest absolute Gasteiger partial charge is 0.344 e. The summed E-state index contributed by atoms with van der Waals surface area (Å²) in [4.78, 5) is 45.5. The molecule has 0 fully saturated rings. The highest BCUT2D eigenvalue weighted by atomic mass is 16.6. The molecular formula is C17H18N2O7. The van der Waals surface area contributed by atoms with Gasteiger partial charge in [-0.05, 0) is 24.6 Å². The molecule has 0 radical (unpaired) electrons. The molecule has 9 heteroatoms. The summed E-state index contributed by atoms with van der Waals surface area (Å²) in [5.74, 6) is -1.24. The molecule has 2 rings (SSSR count). The Bertz CT molecular complexity index is 860. The Morgan fingerprint density at radius 1 is 1.12 bits per heavy atom. The van der Waals surface area contributed by atoms with E-state index in [1.807, 2.05) is 12.2 Å². The SMILES string of the molecule is CCCNC(=O)NC(=O)COC(=O)COc1ccc2ccc(=O)oc2c1. The molecule has 0 atom stereocenters. The fraction of sp³-hybridized carbons (Fsp3) is 0.294. The quantitative estimate of drug-likeness (QED) is 0.555. The lowest BCUT2D eigenvalue weighted by Gasteiger charge is -2.08. The number of ether oxygens (including phenoxy) is 2. The van der Waals surface area contributed by atoms with Crippen LogP contribution in [0.4, 0.5) is 4.79 Å². The molecule has 26 heavy (non-hydrogen) atoms. The van der Waals surface area contributed by atoms with Crippen LogP contribution in [-0.2, 0) is 14.3 Å². The molecule has 0 spiro atoms. The van der Waals surface area contributed by atoms with Crippen LogP contribution in [0.25, 0.3) is 11.0 Å². The second kappa shape index (κ2) is 9.21. The van der Waals surface area contributed by atoms with Gasteiger partial charge in [-0.25, -0.2) is 14.4 Å². The van der Waals surface area contributed by atoms with Crippen LogP contribution in [-0.4, -0.2) is 37.7 Å². The fourth-order valence-electron chi connectivity index (χ4n) is 1.91. The molecular weight excluding hydrogens is 344 g/mol. The van der Waals surface area contributed by atoms with Crippen molar-refractivity contribution in [2.45, 2.75) is 13.3 Å². The van der Waals surface area contributed by atoms with Crippen LogP contribution in [0.1, 0.15) is 13.3 Å². The first-order valence-corrected chi connectivity index (χ1v) is 7.88. The molecule has 0 saturated heterocycles. The summed E-state index contributed by atoms with van der Waals surface area (Å²) < 4.78 is 15.0. The summed E-state index contributed by atoms with van der Waals surface area (Å²) in [6, 6.07) is 6.99.